The second kappa shape index (κ2) is 16.7. The van der Waals surface area contributed by atoms with E-state index in [9.17, 15) is 58.5 Å². The lowest BCUT2D eigenvalue weighted by atomic mass is 10.1. The zero-order chi connectivity index (χ0) is 43.4. The molecule has 0 bridgehead atoms. The summed E-state index contributed by atoms with van der Waals surface area (Å²) in [4.78, 5) is 86.6. The van der Waals surface area contributed by atoms with Crippen molar-refractivity contribution in [1.82, 2.24) is 38.6 Å². The fourth-order valence-electron chi connectivity index (χ4n) is 6.73. The van der Waals surface area contributed by atoms with Crippen molar-refractivity contribution in [3.05, 3.63) is 72.0 Å². The van der Waals surface area contributed by atoms with Gasteiger partial charge < -0.3 is 55.9 Å². The number of nitrogen functional groups attached to an aromatic ring is 2. The highest BCUT2D eigenvalue weighted by Crippen LogP contribution is 2.52. The summed E-state index contributed by atoms with van der Waals surface area (Å²) >= 11 is 0. The Morgan fingerprint density at radius 1 is 0.850 bits per heavy atom. The molecule has 4 aromatic heterocycles. The number of hydrogen-bond acceptors (Lipinski definition) is 22. The third-order valence-corrected chi connectivity index (χ3v) is 11.6. The van der Waals surface area contributed by atoms with Gasteiger partial charge in [-0.15, -0.1) is 0 Å². The Kier molecular flexibility index (Phi) is 12.1. The third kappa shape index (κ3) is 8.77. The number of aryl methyl sites for hydroxylation is 1. The Morgan fingerprint density at radius 3 is 2.22 bits per heavy atom. The second-order valence-electron chi connectivity index (χ2n) is 13.7. The van der Waals surface area contributed by atoms with Crippen LogP contribution < -0.4 is 34.0 Å². The quantitative estimate of drug-likeness (QED) is 0.0534. The summed E-state index contributed by atoms with van der Waals surface area (Å²) in [7, 11) is -10.5. The molecule has 0 aromatic carbocycles. The zero-order valence-corrected chi connectivity index (χ0v) is 32.5. The van der Waals surface area contributed by atoms with Gasteiger partial charge in [0.15, 0.2) is 23.6 Å². The van der Waals surface area contributed by atoms with Crippen molar-refractivity contribution < 1.29 is 71.6 Å². The Balaban J connectivity index is 1.04. The number of nitrogens with one attached hydrogen (secondary N) is 2. The highest BCUT2D eigenvalue weighted by molar-refractivity contribution is 7.47. The van der Waals surface area contributed by atoms with Gasteiger partial charge in [0.25, 0.3) is 11.1 Å². The molecule has 0 saturated carbocycles. The molecular formula is C29H38N10O19P2. The summed E-state index contributed by atoms with van der Waals surface area (Å²) in [5.74, 6) is -0.428. The average molecular weight is 893 g/mol. The van der Waals surface area contributed by atoms with Gasteiger partial charge >= 0.3 is 27.0 Å². The molecule has 4 aromatic rings. The van der Waals surface area contributed by atoms with E-state index in [-0.39, 0.29) is 28.5 Å². The summed E-state index contributed by atoms with van der Waals surface area (Å²) in [6.45, 7) is -1.35. The van der Waals surface area contributed by atoms with Gasteiger partial charge in [0.1, 0.15) is 60.9 Å². The van der Waals surface area contributed by atoms with Crippen LogP contribution in [0.25, 0.3) is 11.2 Å². The minimum atomic E-state index is -5.29. The molecule has 0 amide bonds. The van der Waals surface area contributed by atoms with Gasteiger partial charge in [-0.05, 0) is 13.0 Å². The van der Waals surface area contributed by atoms with Crippen LogP contribution in [0, 0.1) is 6.92 Å². The van der Waals surface area contributed by atoms with Crippen molar-refractivity contribution in [2.75, 3.05) is 31.3 Å². The topological polar surface area (TPSA) is 425 Å². The molecule has 3 aliphatic heterocycles. The van der Waals surface area contributed by atoms with E-state index in [4.69, 9.17) is 43.8 Å². The van der Waals surface area contributed by atoms with Crippen LogP contribution in [-0.4, -0.2) is 137 Å². The number of nitrogens with zero attached hydrogens (tertiary/aromatic N) is 6. The minimum absolute atomic E-state index is 0.0660. The number of imidazole rings is 1. The first-order valence-corrected chi connectivity index (χ1v) is 20.6. The van der Waals surface area contributed by atoms with Crippen molar-refractivity contribution in [3.8, 4) is 0 Å². The molecule has 2 unspecified atom stereocenters. The number of rotatable bonds is 14. The smallest absolute Gasteiger partial charge is 0.394 e. The fraction of sp³-hybridized carbons (Fsp3) is 0.552. The number of anilines is 2. The standard InChI is InChI=1S/C29H38N10O19P2/c1-10-5-38(29(47)36-23(10)44)16-4-11(13(54-16)7-52-60(50,51)58-21-12(6-40)55-26(20(21)43)37-3-2-15(30)33-28(37)46)57-59(48,49)53-8-14-18(41)19(42)25(56-14)39-9-32-17-22(39)34-27(31)35-24(17)45/h2-3,5,9,11-14,16,18-21,25-26,40-43H,4,6-8H2,1H3,(H,48,49)(H,50,51)(H2,30,33,46)(H,36,44,47)(H3,31,34,35,45)/t11-,12+,13+,14+,16+,18+,19+,20+,21+,25+,26+/m0/s1. The monoisotopic (exact) mass is 892 g/mol. The van der Waals surface area contributed by atoms with Gasteiger partial charge in [0, 0.05) is 24.4 Å². The van der Waals surface area contributed by atoms with Crippen LogP contribution >= 0.6 is 15.6 Å². The molecule has 328 valence electrons. The van der Waals surface area contributed by atoms with Crippen LogP contribution in [0.5, 0.6) is 0 Å². The number of nitrogens with two attached hydrogens (primary N) is 2. The lowest BCUT2D eigenvalue weighted by molar-refractivity contribution is -0.0626. The highest BCUT2D eigenvalue weighted by atomic mass is 31.2. The number of aliphatic hydroxyl groups excluding tert-OH is 4. The molecule has 31 heteroatoms. The first kappa shape index (κ1) is 43.5. The maximum Gasteiger partial charge on any atom is 0.472 e. The first-order valence-electron chi connectivity index (χ1n) is 17.6. The van der Waals surface area contributed by atoms with E-state index in [2.05, 4.69) is 24.9 Å². The molecule has 29 nitrogen and oxygen atoms in total. The molecule has 3 saturated heterocycles. The Bertz CT molecular complexity index is 2580. The number of phosphoric acid groups is 2. The molecule has 3 fully saturated rings. The predicted octanol–water partition coefficient (Wildman–Crippen LogP) is -4.44. The lowest BCUT2D eigenvalue weighted by Crippen LogP contribution is -2.37. The molecule has 3 aliphatic rings. The molecule has 12 N–H and O–H groups in total. The number of fused-ring (bicyclic) bond motifs is 1. The number of aliphatic hydroxyl groups is 4. The molecule has 7 heterocycles. The van der Waals surface area contributed by atoms with E-state index in [1.807, 2.05) is 0 Å². The van der Waals surface area contributed by atoms with Crippen molar-refractivity contribution in [1.29, 1.82) is 0 Å². The Labute approximate surface area is 332 Å². The highest BCUT2D eigenvalue weighted by Gasteiger charge is 2.51. The Hall–Kier alpha value is -4.55. The predicted molar refractivity (Wildman–Crippen MR) is 194 cm³/mol. The van der Waals surface area contributed by atoms with Crippen LogP contribution in [-0.2, 0) is 41.4 Å². The summed E-state index contributed by atoms with van der Waals surface area (Å²) in [6.07, 6.45) is -14.7. The Morgan fingerprint density at radius 2 is 1.52 bits per heavy atom. The van der Waals surface area contributed by atoms with E-state index in [1.54, 1.807) is 0 Å². The average Bonchev–Trinajstić information content (AvgIpc) is 3.92. The van der Waals surface area contributed by atoms with E-state index in [0.29, 0.717) is 0 Å². The number of hydrogen-bond donors (Lipinski definition) is 10. The maximum atomic E-state index is 13.3. The van der Waals surface area contributed by atoms with Crippen LogP contribution in [0.2, 0.25) is 0 Å². The van der Waals surface area contributed by atoms with Crippen molar-refractivity contribution >= 4 is 38.6 Å². The van der Waals surface area contributed by atoms with Crippen molar-refractivity contribution in [2.45, 2.75) is 80.9 Å². The summed E-state index contributed by atoms with van der Waals surface area (Å²) in [5, 5.41) is 42.3. The van der Waals surface area contributed by atoms with Gasteiger partial charge in [0.2, 0.25) is 5.95 Å². The van der Waals surface area contributed by atoms with Gasteiger partial charge in [-0.1, -0.05) is 0 Å². The minimum Gasteiger partial charge on any atom is -0.394 e. The van der Waals surface area contributed by atoms with E-state index in [1.165, 1.54) is 13.0 Å². The normalized spacial score (nSPS) is 31.4. The number of aromatic amines is 2. The second-order valence-corrected chi connectivity index (χ2v) is 16.5. The largest absolute Gasteiger partial charge is 0.472 e. The number of aromatic nitrogens is 8. The van der Waals surface area contributed by atoms with Crippen LogP contribution in [0.3, 0.4) is 0 Å². The first-order chi connectivity index (χ1) is 28.3. The molecule has 13 atom stereocenters. The lowest BCUT2D eigenvalue weighted by Gasteiger charge is -2.25. The van der Waals surface area contributed by atoms with Crippen molar-refractivity contribution in [2.24, 2.45) is 0 Å². The number of H-pyrrole nitrogens is 2. The van der Waals surface area contributed by atoms with Gasteiger partial charge in [-0.3, -0.25) is 51.4 Å². The maximum absolute atomic E-state index is 13.3. The van der Waals surface area contributed by atoms with Gasteiger partial charge in [-0.2, -0.15) is 9.97 Å². The van der Waals surface area contributed by atoms with Crippen LogP contribution in [0.4, 0.5) is 11.8 Å². The van der Waals surface area contributed by atoms with E-state index >= 15 is 0 Å². The SMILES string of the molecule is Cc1cn([C@H]2C[C@H](OP(=O)(O)OC[C@H]3O[C@@H](n4cnc5c(=O)[nH]c(N)nc54)[C@H](O)[C@@H]3O)[C@@H](COP(=O)(O)O[C@H]3[C@@H](O)[C@H](n4ccc(N)nc4=O)O[C@@H]3CO)O2)c(=O)[nH]c1=O. The van der Waals surface area contributed by atoms with Crippen molar-refractivity contribution in [3.63, 3.8) is 0 Å². The van der Waals surface area contributed by atoms with E-state index in [0.717, 1.165) is 32.4 Å². The molecule has 60 heavy (non-hydrogen) atoms. The number of ether oxygens (including phenoxy) is 3. The summed E-state index contributed by atoms with van der Waals surface area (Å²) < 4.78 is 67.1. The molecule has 0 radical (unpaired) electrons. The fourth-order valence-corrected chi connectivity index (χ4v) is 8.65. The summed E-state index contributed by atoms with van der Waals surface area (Å²) in [5.41, 5.74) is 7.59. The van der Waals surface area contributed by atoms with Gasteiger partial charge in [-0.25, -0.2) is 23.7 Å². The zero-order valence-electron chi connectivity index (χ0n) is 30.7. The van der Waals surface area contributed by atoms with E-state index < -0.39 is 132 Å². The molecular weight excluding hydrogens is 854 g/mol. The third-order valence-electron chi connectivity index (χ3n) is 9.64. The molecule has 0 aliphatic carbocycles. The molecule has 0 spiro atoms. The number of phosphoric ester groups is 2. The van der Waals surface area contributed by atoms with Gasteiger partial charge in [0.05, 0.1) is 26.1 Å². The van der Waals surface area contributed by atoms with Crippen LogP contribution in [0.15, 0.2) is 44.0 Å². The van der Waals surface area contributed by atoms with Crippen LogP contribution in [0.1, 0.15) is 30.7 Å². The molecule has 7 rings (SSSR count). The summed E-state index contributed by atoms with van der Waals surface area (Å²) in [6, 6.07) is 1.21.